The monoisotopic (exact) mass is 674 g/mol. The highest BCUT2D eigenvalue weighted by atomic mass is 128. The largest absolute Gasteiger partial charge is 0.423 e. The van der Waals surface area contributed by atoms with E-state index >= 15 is 0 Å². The number of hydrogen-bond donors (Lipinski definition) is 0. The van der Waals surface area contributed by atoms with Crippen LogP contribution in [0.25, 0.3) is 21.8 Å². The molecule has 0 spiro atoms. The van der Waals surface area contributed by atoms with Crippen LogP contribution in [-0.4, -0.2) is 27.7 Å². The fourth-order valence-corrected chi connectivity index (χ4v) is 3.67. The van der Waals surface area contributed by atoms with Crippen LogP contribution in [0.15, 0.2) is 90.7 Å². The van der Waals surface area contributed by atoms with Gasteiger partial charge in [0.15, 0.2) is 0 Å². The van der Waals surface area contributed by atoms with Crippen molar-refractivity contribution in [2.45, 2.75) is 6.54 Å². The second-order valence-electron chi connectivity index (χ2n) is 7.27. The maximum Gasteiger partial charge on any atom is 0.344 e. The maximum absolute atomic E-state index is 13.2. The number of fused-ring (bicyclic) bond motifs is 2. The summed E-state index contributed by atoms with van der Waals surface area (Å²) < 4.78 is 5.67. The van der Waals surface area contributed by atoms with Crippen LogP contribution in [-0.2, 0) is 16.1 Å². The Bertz CT molecular complexity index is 1400. The van der Waals surface area contributed by atoms with Gasteiger partial charge in [-0.2, -0.15) is 0 Å². The molecule has 0 atom stereocenters. The zero-order valence-corrected chi connectivity index (χ0v) is 21.9. The third-order valence-corrected chi connectivity index (χ3v) is 5.21. The van der Waals surface area contributed by atoms with E-state index in [0.29, 0.717) is 22.3 Å². The molecule has 6 nitrogen and oxygen atoms in total. The van der Waals surface area contributed by atoms with E-state index in [2.05, 4.69) is 47.9 Å². The molecule has 8 heteroatoms. The Morgan fingerprint density at radius 2 is 1.35 bits per heavy atom. The van der Waals surface area contributed by atoms with Crippen molar-refractivity contribution in [2.75, 3.05) is 0 Å². The van der Waals surface area contributed by atoms with Gasteiger partial charge in [0.2, 0.25) is 0 Å². The Hall–Kier alpha value is -3.08. The van der Waals surface area contributed by atoms with Gasteiger partial charge in [-0.3, -0.25) is 14.5 Å². The fraction of sp³-hybridized carbons (Fsp3) is 0.0385. The Balaban J connectivity index is 0.00000133. The lowest BCUT2D eigenvalue weighted by Gasteiger charge is -2.18. The van der Waals surface area contributed by atoms with Crippen molar-refractivity contribution < 1.29 is 19.1 Å². The molecule has 2 heterocycles. The predicted octanol–water partition coefficient (Wildman–Crippen LogP) is 5.96. The highest BCUT2D eigenvalue weighted by Crippen LogP contribution is 2.27. The highest BCUT2D eigenvalue weighted by Gasteiger charge is 2.21. The summed E-state index contributed by atoms with van der Waals surface area (Å²) in [7, 11) is 0. The van der Waals surface area contributed by atoms with E-state index < -0.39 is 17.8 Å². The molecule has 0 unspecified atom stereocenters. The second-order valence-corrected chi connectivity index (χ2v) is 7.27. The van der Waals surface area contributed by atoms with E-state index in [1.54, 1.807) is 24.3 Å². The van der Waals surface area contributed by atoms with Gasteiger partial charge in [0.1, 0.15) is 5.75 Å². The number of ether oxygens (including phenoxy) is 1. The van der Waals surface area contributed by atoms with Crippen LogP contribution in [0.4, 0.5) is 0 Å². The number of aromatic nitrogens is 1. The lowest BCUT2D eigenvalue weighted by atomic mass is 10.0. The van der Waals surface area contributed by atoms with E-state index in [1.807, 2.05) is 48.5 Å². The summed E-state index contributed by atoms with van der Waals surface area (Å²) in [6, 6.07) is 21.6. The van der Waals surface area contributed by atoms with E-state index in [0.717, 1.165) is 21.2 Å². The highest BCUT2D eigenvalue weighted by molar-refractivity contribution is 15.0. The third kappa shape index (κ3) is 5.03. The van der Waals surface area contributed by atoms with Crippen LogP contribution in [0.2, 0.25) is 0 Å². The van der Waals surface area contributed by atoms with Crippen molar-refractivity contribution in [1.82, 2.24) is 9.88 Å². The standard InChI is InChI=1S/C26H16N2O4.I2/c29-23-10-5-11-24(30)28(23)16-17-12-14-18(15-13-17)32-26(31)25-19-6-1-3-8-21(19)27-22-9-4-2-7-20(22)25;1-2/h1-4,6-15H,16H2;. The Labute approximate surface area is 218 Å². The van der Waals surface area contributed by atoms with Gasteiger partial charge < -0.3 is 4.74 Å². The number of para-hydroxylation sites is 2. The number of pyridine rings is 1. The molecule has 34 heavy (non-hydrogen) atoms. The summed E-state index contributed by atoms with van der Waals surface area (Å²) in [5.41, 5.74) is 5.14. The Morgan fingerprint density at radius 1 is 0.824 bits per heavy atom. The van der Waals surface area contributed by atoms with Gasteiger partial charge in [-0.25, -0.2) is 9.78 Å². The molecule has 0 aliphatic carbocycles. The molecular formula is C26H16I2N2O4. The minimum Gasteiger partial charge on any atom is -0.423 e. The van der Waals surface area contributed by atoms with Crippen molar-refractivity contribution in [2.24, 2.45) is 0 Å². The first kappa shape index (κ1) is 24.1. The number of imide groups is 1. The van der Waals surface area contributed by atoms with Crippen LogP contribution in [0.3, 0.4) is 0 Å². The van der Waals surface area contributed by atoms with Gasteiger partial charge in [0.05, 0.1) is 23.1 Å². The maximum atomic E-state index is 13.2. The normalized spacial score (nSPS) is 12.6. The molecular weight excluding hydrogens is 658 g/mol. The van der Waals surface area contributed by atoms with Crippen LogP contribution in [0.1, 0.15) is 15.9 Å². The molecule has 4 aromatic rings. The first-order chi connectivity index (χ1) is 16.6. The number of esters is 1. The number of carbonyl (C=O) groups is 3. The molecule has 3 aromatic carbocycles. The van der Waals surface area contributed by atoms with Gasteiger partial charge in [-0.15, -0.1) is 5.73 Å². The fourth-order valence-electron chi connectivity index (χ4n) is 3.67. The van der Waals surface area contributed by atoms with Crippen LogP contribution in [0, 0.1) is 0 Å². The number of nitrogens with zero attached hydrogens (tertiary/aromatic N) is 2. The minimum absolute atomic E-state index is 0.125. The zero-order valence-electron chi connectivity index (χ0n) is 17.6. The van der Waals surface area contributed by atoms with Gasteiger partial charge >= 0.3 is 5.97 Å². The molecule has 0 radical (unpaired) electrons. The molecule has 1 aliphatic rings. The van der Waals surface area contributed by atoms with Gasteiger partial charge in [0, 0.05) is 60.2 Å². The topological polar surface area (TPSA) is 76.6 Å². The quantitative estimate of drug-likeness (QED) is 0.0668. The summed E-state index contributed by atoms with van der Waals surface area (Å²) in [4.78, 5) is 42.7. The first-order valence-electron chi connectivity index (χ1n) is 10.1. The summed E-state index contributed by atoms with van der Waals surface area (Å²) in [5, 5.41) is 1.44. The third-order valence-electron chi connectivity index (χ3n) is 5.21. The molecule has 0 bridgehead atoms. The van der Waals surface area contributed by atoms with Crippen LogP contribution >= 0.6 is 37.2 Å². The number of halogens is 2. The van der Waals surface area contributed by atoms with E-state index in [4.69, 9.17) is 4.74 Å². The Morgan fingerprint density at radius 3 is 1.91 bits per heavy atom. The molecule has 1 aliphatic heterocycles. The smallest absolute Gasteiger partial charge is 0.344 e. The van der Waals surface area contributed by atoms with E-state index in [-0.39, 0.29) is 6.54 Å². The van der Waals surface area contributed by atoms with Crippen molar-refractivity contribution >= 4 is 76.8 Å². The number of amides is 2. The molecule has 168 valence electrons. The SMILES string of the molecule is II.O=C(Oc1ccc(CN2C(=O)C=C=CC2=O)cc1)c1c2ccccc2nc2ccccc12. The van der Waals surface area contributed by atoms with Gasteiger partial charge in [-0.1, -0.05) is 48.5 Å². The van der Waals surface area contributed by atoms with Gasteiger partial charge in [0.25, 0.3) is 11.8 Å². The number of carbonyl (C=O) groups excluding carboxylic acids is 3. The van der Waals surface area contributed by atoms with Crippen LogP contribution < -0.4 is 4.74 Å². The second kappa shape index (κ2) is 10.9. The first-order valence-corrected chi connectivity index (χ1v) is 16.4. The molecule has 1 aromatic heterocycles. The number of benzene rings is 3. The lowest BCUT2D eigenvalue weighted by Crippen LogP contribution is -2.35. The summed E-state index contributed by atoms with van der Waals surface area (Å²) in [5.74, 6) is -0.946. The predicted molar refractivity (Wildman–Crippen MR) is 147 cm³/mol. The average Bonchev–Trinajstić information content (AvgIpc) is 2.87. The van der Waals surface area contributed by atoms with E-state index in [9.17, 15) is 14.4 Å². The summed E-state index contributed by atoms with van der Waals surface area (Å²) in [6.07, 6.45) is 2.45. The van der Waals surface area contributed by atoms with Crippen molar-refractivity contribution in [3.63, 3.8) is 0 Å². The summed E-state index contributed by atoms with van der Waals surface area (Å²) in [6.45, 7) is 0.125. The van der Waals surface area contributed by atoms with Crippen LogP contribution in [0.5, 0.6) is 5.75 Å². The van der Waals surface area contributed by atoms with Crippen molar-refractivity contribution in [3.05, 3.63) is 102 Å². The molecule has 0 fully saturated rings. The molecule has 0 saturated carbocycles. The number of hydrogen-bond acceptors (Lipinski definition) is 5. The Kier molecular flexibility index (Phi) is 7.71. The molecule has 2 amide bonds. The number of rotatable bonds is 4. The zero-order chi connectivity index (χ0) is 24.1. The van der Waals surface area contributed by atoms with Gasteiger partial charge in [-0.05, 0) is 29.8 Å². The minimum atomic E-state index is -0.482. The molecule has 0 saturated heterocycles. The lowest BCUT2D eigenvalue weighted by molar-refractivity contribution is -0.139. The summed E-state index contributed by atoms with van der Waals surface area (Å²) >= 11 is 4.24. The van der Waals surface area contributed by atoms with Crippen molar-refractivity contribution in [3.8, 4) is 5.75 Å². The van der Waals surface area contributed by atoms with Crippen molar-refractivity contribution in [1.29, 1.82) is 0 Å². The van der Waals surface area contributed by atoms with E-state index in [1.165, 1.54) is 12.2 Å². The average molecular weight is 674 g/mol. The molecule has 5 rings (SSSR count). The molecule has 0 N–H and O–H groups in total.